The van der Waals surface area contributed by atoms with Crippen LogP contribution in [0.5, 0.6) is 0 Å². The van der Waals surface area contributed by atoms with Gasteiger partial charge in [0.15, 0.2) is 0 Å². The van der Waals surface area contributed by atoms with E-state index >= 15 is 0 Å². The Kier molecular flexibility index (Phi) is 3.29. The Hall–Kier alpha value is -1.61. The Morgan fingerprint density at radius 1 is 1.24 bits per heavy atom. The van der Waals surface area contributed by atoms with Crippen LogP contribution in [0.1, 0.15) is 35.3 Å². The highest BCUT2D eigenvalue weighted by Crippen LogP contribution is 2.23. The quantitative estimate of drug-likeness (QED) is 0.880. The van der Waals surface area contributed by atoms with E-state index in [2.05, 4.69) is 18.9 Å². The molecule has 0 saturated heterocycles. The van der Waals surface area contributed by atoms with Gasteiger partial charge in [-0.3, -0.25) is 4.68 Å². The molecule has 1 atom stereocenters. The standard InChI is InChI=1S/C14H18N2O/c1-4-16-9-13(8-15-16)14(17)12-6-5-10(2)11(3)7-12/h5-9,14,17H,4H2,1-3H3. The van der Waals surface area contributed by atoms with Crippen molar-refractivity contribution in [1.29, 1.82) is 0 Å². The Balaban J connectivity index is 2.29. The van der Waals surface area contributed by atoms with Gasteiger partial charge in [0.1, 0.15) is 6.10 Å². The molecule has 3 nitrogen and oxygen atoms in total. The largest absolute Gasteiger partial charge is 0.384 e. The van der Waals surface area contributed by atoms with Crippen molar-refractivity contribution >= 4 is 0 Å². The normalized spacial score (nSPS) is 12.7. The molecule has 0 aliphatic heterocycles. The molecule has 3 heteroatoms. The van der Waals surface area contributed by atoms with Crippen molar-refractivity contribution in [2.75, 3.05) is 0 Å². The van der Waals surface area contributed by atoms with Crippen LogP contribution in [-0.2, 0) is 6.54 Å². The van der Waals surface area contributed by atoms with Crippen molar-refractivity contribution in [3.63, 3.8) is 0 Å². The topological polar surface area (TPSA) is 38.0 Å². The molecule has 0 bridgehead atoms. The number of hydrogen-bond acceptors (Lipinski definition) is 2. The van der Waals surface area contributed by atoms with Gasteiger partial charge in [-0.05, 0) is 37.5 Å². The van der Waals surface area contributed by atoms with Crippen LogP contribution >= 0.6 is 0 Å². The van der Waals surface area contributed by atoms with E-state index in [4.69, 9.17) is 0 Å². The Morgan fingerprint density at radius 2 is 2.00 bits per heavy atom. The van der Waals surface area contributed by atoms with Crippen LogP contribution in [0.2, 0.25) is 0 Å². The third-order valence-electron chi connectivity index (χ3n) is 3.14. The number of aromatic nitrogens is 2. The molecule has 17 heavy (non-hydrogen) atoms. The summed E-state index contributed by atoms with van der Waals surface area (Å²) in [7, 11) is 0. The predicted octanol–water partition coefficient (Wildman–Crippen LogP) is 2.60. The summed E-state index contributed by atoms with van der Waals surface area (Å²) in [4.78, 5) is 0. The molecule has 0 radical (unpaired) electrons. The number of hydrogen-bond donors (Lipinski definition) is 1. The maximum Gasteiger partial charge on any atom is 0.107 e. The number of nitrogens with zero attached hydrogens (tertiary/aromatic N) is 2. The smallest absolute Gasteiger partial charge is 0.107 e. The third-order valence-corrected chi connectivity index (χ3v) is 3.14. The summed E-state index contributed by atoms with van der Waals surface area (Å²) >= 11 is 0. The SMILES string of the molecule is CCn1cc(C(O)c2ccc(C)c(C)c2)cn1. The second kappa shape index (κ2) is 4.72. The van der Waals surface area contributed by atoms with Crippen molar-refractivity contribution in [3.05, 3.63) is 52.8 Å². The van der Waals surface area contributed by atoms with Gasteiger partial charge in [-0.15, -0.1) is 0 Å². The van der Waals surface area contributed by atoms with Crippen LogP contribution in [0.4, 0.5) is 0 Å². The second-order valence-electron chi connectivity index (χ2n) is 4.38. The minimum Gasteiger partial charge on any atom is -0.384 e. The van der Waals surface area contributed by atoms with Crippen LogP contribution in [0.3, 0.4) is 0 Å². The van der Waals surface area contributed by atoms with Crippen molar-refractivity contribution in [2.45, 2.75) is 33.4 Å². The molecular weight excluding hydrogens is 212 g/mol. The summed E-state index contributed by atoms with van der Waals surface area (Å²) in [6.45, 7) is 6.97. The predicted molar refractivity (Wildman–Crippen MR) is 67.9 cm³/mol. The van der Waals surface area contributed by atoms with Crippen LogP contribution in [0, 0.1) is 13.8 Å². The Bertz CT molecular complexity index is 517. The molecule has 0 aliphatic rings. The molecule has 1 heterocycles. The average Bonchev–Trinajstić information content (AvgIpc) is 2.80. The molecule has 0 saturated carbocycles. The summed E-state index contributed by atoms with van der Waals surface area (Å²) in [5, 5.41) is 14.4. The minimum atomic E-state index is -0.588. The summed E-state index contributed by atoms with van der Waals surface area (Å²) in [6, 6.07) is 6.04. The Labute approximate surface area is 102 Å². The van der Waals surface area contributed by atoms with Gasteiger partial charge in [-0.1, -0.05) is 18.2 Å². The van der Waals surface area contributed by atoms with Gasteiger partial charge in [-0.2, -0.15) is 5.10 Å². The lowest BCUT2D eigenvalue weighted by Crippen LogP contribution is -1.99. The molecule has 2 aromatic rings. The molecule has 0 fully saturated rings. The molecular formula is C14H18N2O. The maximum atomic E-state index is 10.3. The fourth-order valence-electron chi connectivity index (χ4n) is 1.82. The number of aliphatic hydroxyl groups is 1. The van der Waals surface area contributed by atoms with Crippen molar-refractivity contribution in [1.82, 2.24) is 9.78 Å². The highest BCUT2D eigenvalue weighted by atomic mass is 16.3. The second-order valence-corrected chi connectivity index (χ2v) is 4.38. The summed E-state index contributed by atoms with van der Waals surface area (Å²) in [6.07, 6.45) is 3.03. The maximum absolute atomic E-state index is 10.3. The molecule has 90 valence electrons. The molecule has 0 amide bonds. The fraction of sp³-hybridized carbons (Fsp3) is 0.357. The van der Waals surface area contributed by atoms with E-state index in [0.717, 1.165) is 17.7 Å². The lowest BCUT2D eigenvalue weighted by molar-refractivity contribution is 0.220. The lowest BCUT2D eigenvalue weighted by Gasteiger charge is -2.10. The highest BCUT2D eigenvalue weighted by molar-refractivity contribution is 5.34. The fourth-order valence-corrected chi connectivity index (χ4v) is 1.82. The number of benzene rings is 1. The average molecular weight is 230 g/mol. The summed E-state index contributed by atoms with van der Waals surface area (Å²) in [5.41, 5.74) is 4.20. The van der Waals surface area contributed by atoms with Crippen LogP contribution < -0.4 is 0 Å². The first kappa shape index (κ1) is 11.9. The van der Waals surface area contributed by atoms with Gasteiger partial charge in [0, 0.05) is 18.3 Å². The van der Waals surface area contributed by atoms with E-state index in [1.165, 1.54) is 11.1 Å². The molecule has 1 aromatic heterocycles. The zero-order valence-electron chi connectivity index (χ0n) is 10.5. The van der Waals surface area contributed by atoms with Crippen LogP contribution in [0.15, 0.2) is 30.6 Å². The first-order chi connectivity index (χ1) is 8.11. The number of aliphatic hydroxyl groups excluding tert-OH is 1. The molecule has 1 unspecified atom stereocenters. The van der Waals surface area contributed by atoms with Crippen LogP contribution in [0.25, 0.3) is 0 Å². The minimum absolute atomic E-state index is 0.588. The van der Waals surface area contributed by atoms with Crippen molar-refractivity contribution in [3.8, 4) is 0 Å². The van der Waals surface area contributed by atoms with Gasteiger partial charge in [0.25, 0.3) is 0 Å². The highest BCUT2D eigenvalue weighted by Gasteiger charge is 2.12. The van der Waals surface area contributed by atoms with Crippen LogP contribution in [-0.4, -0.2) is 14.9 Å². The Morgan fingerprint density at radius 3 is 2.59 bits per heavy atom. The van der Waals surface area contributed by atoms with E-state index in [1.807, 2.05) is 36.0 Å². The zero-order valence-corrected chi connectivity index (χ0v) is 10.5. The van der Waals surface area contributed by atoms with E-state index in [0.29, 0.717) is 0 Å². The van der Waals surface area contributed by atoms with E-state index in [-0.39, 0.29) is 0 Å². The van der Waals surface area contributed by atoms with Crippen molar-refractivity contribution in [2.24, 2.45) is 0 Å². The number of rotatable bonds is 3. The first-order valence-electron chi connectivity index (χ1n) is 5.89. The van der Waals surface area contributed by atoms with E-state index in [9.17, 15) is 5.11 Å². The monoisotopic (exact) mass is 230 g/mol. The van der Waals surface area contributed by atoms with Gasteiger partial charge >= 0.3 is 0 Å². The van der Waals surface area contributed by atoms with Gasteiger partial charge in [0.05, 0.1) is 6.20 Å². The molecule has 1 aromatic carbocycles. The molecule has 1 N–H and O–H groups in total. The van der Waals surface area contributed by atoms with Gasteiger partial charge < -0.3 is 5.11 Å². The third kappa shape index (κ3) is 2.39. The van der Waals surface area contributed by atoms with Gasteiger partial charge in [0.2, 0.25) is 0 Å². The summed E-state index contributed by atoms with van der Waals surface area (Å²) in [5.74, 6) is 0. The van der Waals surface area contributed by atoms with Crippen molar-refractivity contribution < 1.29 is 5.11 Å². The summed E-state index contributed by atoms with van der Waals surface area (Å²) < 4.78 is 1.82. The lowest BCUT2D eigenvalue weighted by atomic mass is 10.00. The van der Waals surface area contributed by atoms with E-state index in [1.54, 1.807) is 6.20 Å². The van der Waals surface area contributed by atoms with Gasteiger partial charge in [-0.25, -0.2) is 0 Å². The zero-order chi connectivity index (χ0) is 12.4. The molecule has 2 rings (SSSR count). The van der Waals surface area contributed by atoms with E-state index < -0.39 is 6.10 Å². The molecule has 0 spiro atoms. The first-order valence-corrected chi connectivity index (χ1v) is 5.89. The molecule has 0 aliphatic carbocycles. The number of aryl methyl sites for hydroxylation is 3.